The molecule has 0 aromatic carbocycles. The molecule has 19 heavy (non-hydrogen) atoms. The maximum Gasteiger partial charge on any atom is 0.220 e. The van der Waals surface area contributed by atoms with Crippen LogP contribution in [0.5, 0.6) is 0 Å². The van der Waals surface area contributed by atoms with Crippen LogP contribution in [0.3, 0.4) is 0 Å². The quantitative estimate of drug-likeness (QED) is 0.512. The lowest BCUT2D eigenvalue weighted by Gasteiger charge is -2.04. The summed E-state index contributed by atoms with van der Waals surface area (Å²) < 4.78 is 0. The first-order valence-corrected chi connectivity index (χ1v) is 7.56. The van der Waals surface area contributed by atoms with Gasteiger partial charge in [-0.2, -0.15) is 0 Å². The fourth-order valence-electron chi connectivity index (χ4n) is 1.69. The molecule has 0 fully saturated rings. The molecule has 1 rings (SSSR count). The highest BCUT2D eigenvalue weighted by Gasteiger charge is 2.09. The molecule has 0 unspecified atom stereocenters. The van der Waals surface area contributed by atoms with Crippen LogP contribution < -0.4 is 5.32 Å². The third kappa shape index (κ3) is 7.08. The van der Waals surface area contributed by atoms with Crippen molar-refractivity contribution in [2.24, 2.45) is 0 Å². The van der Waals surface area contributed by atoms with Crippen molar-refractivity contribution in [3.63, 3.8) is 0 Å². The number of aliphatic hydroxyl groups is 1. The van der Waals surface area contributed by atoms with Crippen LogP contribution in [-0.4, -0.2) is 29.9 Å². The second-order valence-electron chi connectivity index (χ2n) is 4.39. The number of carbonyl (C=O) groups excluding carboxylic acids is 2. The maximum atomic E-state index is 11.7. The number of aliphatic hydroxyl groups excluding tert-OH is 1. The molecule has 1 amide bonds. The number of nitrogens with one attached hydrogen (secondary N) is 1. The minimum Gasteiger partial charge on any atom is -0.396 e. The molecule has 2 N–H and O–H groups in total. The molecule has 0 saturated heterocycles. The molecule has 1 aromatic heterocycles. The van der Waals surface area contributed by atoms with Gasteiger partial charge in [0.1, 0.15) is 0 Å². The van der Waals surface area contributed by atoms with E-state index in [0.29, 0.717) is 6.54 Å². The number of amides is 1. The summed E-state index contributed by atoms with van der Waals surface area (Å²) in [4.78, 5) is 23.9. The van der Waals surface area contributed by atoms with Gasteiger partial charge in [0, 0.05) is 26.0 Å². The number of hydrogen-bond acceptors (Lipinski definition) is 4. The Labute approximate surface area is 117 Å². The molecule has 0 atom stereocenters. The van der Waals surface area contributed by atoms with Gasteiger partial charge in [-0.05, 0) is 24.3 Å². The van der Waals surface area contributed by atoms with Crippen molar-refractivity contribution in [2.75, 3.05) is 13.2 Å². The van der Waals surface area contributed by atoms with Gasteiger partial charge in [0.2, 0.25) is 5.91 Å². The lowest BCUT2D eigenvalue weighted by Crippen LogP contribution is -2.24. The molecule has 0 spiro atoms. The number of hydrogen-bond donors (Lipinski definition) is 2. The van der Waals surface area contributed by atoms with E-state index in [1.54, 1.807) is 6.07 Å². The van der Waals surface area contributed by atoms with Crippen molar-refractivity contribution in [2.45, 2.75) is 38.5 Å². The first kappa shape index (κ1) is 15.9. The smallest absolute Gasteiger partial charge is 0.220 e. The summed E-state index contributed by atoms with van der Waals surface area (Å²) in [5, 5.41) is 13.3. The minimum absolute atomic E-state index is 0.0353. The van der Waals surface area contributed by atoms with Gasteiger partial charge in [0.15, 0.2) is 5.78 Å². The Morgan fingerprint density at radius 1 is 1.16 bits per heavy atom. The predicted octanol–water partition coefficient (Wildman–Crippen LogP) is 2.38. The Morgan fingerprint density at radius 2 is 1.95 bits per heavy atom. The average molecular weight is 283 g/mol. The highest BCUT2D eigenvalue weighted by molar-refractivity contribution is 7.12. The molecule has 106 valence electrons. The fourth-order valence-corrected chi connectivity index (χ4v) is 2.39. The van der Waals surface area contributed by atoms with Gasteiger partial charge in [-0.1, -0.05) is 18.9 Å². The van der Waals surface area contributed by atoms with Crippen LogP contribution in [0.15, 0.2) is 17.5 Å². The second-order valence-corrected chi connectivity index (χ2v) is 5.34. The zero-order valence-electron chi connectivity index (χ0n) is 11.1. The Morgan fingerprint density at radius 3 is 2.63 bits per heavy atom. The standard InChI is InChI=1S/C14H21NO3S/c16-10-4-2-1-3-9-15-14(18)8-7-12(17)13-6-5-11-19-13/h5-6,11,16H,1-4,7-10H2,(H,15,18). The van der Waals surface area contributed by atoms with Gasteiger partial charge >= 0.3 is 0 Å². The number of rotatable bonds is 10. The SMILES string of the molecule is O=C(CCC(=O)c1cccs1)NCCCCCCO. The number of unbranched alkanes of at least 4 members (excludes halogenated alkanes) is 3. The van der Waals surface area contributed by atoms with Gasteiger partial charge in [-0.25, -0.2) is 0 Å². The molecule has 1 aromatic rings. The predicted molar refractivity (Wildman–Crippen MR) is 76.4 cm³/mol. The van der Waals surface area contributed by atoms with E-state index in [1.165, 1.54) is 11.3 Å². The topological polar surface area (TPSA) is 66.4 Å². The van der Waals surface area contributed by atoms with Crippen molar-refractivity contribution in [3.05, 3.63) is 22.4 Å². The van der Waals surface area contributed by atoms with Crippen LogP contribution in [0.25, 0.3) is 0 Å². The van der Waals surface area contributed by atoms with Gasteiger partial charge in [-0.3, -0.25) is 9.59 Å². The van der Waals surface area contributed by atoms with Crippen molar-refractivity contribution in [1.82, 2.24) is 5.32 Å². The van der Waals surface area contributed by atoms with Crippen molar-refractivity contribution < 1.29 is 14.7 Å². The zero-order valence-corrected chi connectivity index (χ0v) is 11.9. The Kier molecular flexibility index (Phi) is 8.09. The molecular weight excluding hydrogens is 262 g/mol. The van der Waals surface area contributed by atoms with E-state index < -0.39 is 0 Å². The normalized spacial score (nSPS) is 10.4. The second kappa shape index (κ2) is 9.69. The van der Waals surface area contributed by atoms with E-state index >= 15 is 0 Å². The molecular formula is C14H21NO3S. The summed E-state index contributed by atoms with van der Waals surface area (Å²) in [6.45, 7) is 0.884. The first-order chi connectivity index (χ1) is 9.24. The van der Waals surface area contributed by atoms with Gasteiger partial charge in [-0.15, -0.1) is 11.3 Å². The highest BCUT2D eigenvalue weighted by Crippen LogP contribution is 2.12. The van der Waals surface area contributed by atoms with Crippen molar-refractivity contribution in [1.29, 1.82) is 0 Å². The van der Waals surface area contributed by atoms with E-state index in [1.807, 2.05) is 11.4 Å². The van der Waals surface area contributed by atoms with Crippen LogP contribution in [0.1, 0.15) is 48.2 Å². The monoisotopic (exact) mass is 283 g/mol. The third-order valence-corrected chi connectivity index (χ3v) is 3.69. The van der Waals surface area contributed by atoms with Gasteiger partial charge in [0.05, 0.1) is 4.88 Å². The van der Waals surface area contributed by atoms with E-state index in [9.17, 15) is 9.59 Å². The summed E-state index contributed by atoms with van der Waals surface area (Å²) in [5.41, 5.74) is 0. The van der Waals surface area contributed by atoms with E-state index in [0.717, 1.165) is 30.6 Å². The molecule has 0 aliphatic rings. The maximum absolute atomic E-state index is 11.7. The third-order valence-electron chi connectivity index (χ3n) is 2.78. The molecule has 1 heterocycles. The number of thiophene rings is 1. The summed E-state index contributed by atoms with van der Waals surface area (Å²) in [6, 6.07) is 3.62. The lowest BCUT2D eigenvalue weighted by atomic mass is 10.1. The van der Waals surface area contributed by atoms with Crippen LogP contribution in [0, 0.1) is 0 Å². The van der Waals surface area contributed by atoms with E-state index in [2.05, 4.69) is 5.32 Å². The molecule has 0 aliphatic heterocycles. The van der Waals surface area contributed by atoms with Crippen molar-refractivity contribution in [3.8, 4) is 0 Å². The first-order valence-electron chi connectivity index (χ1n) is 6.68. The van der Waals surface area contributed by atoms with Crippen LogP contribution >= 0.6 is 11.3 Å². The zero-order chi connectivity index (χ0) is 13.9. The Hall–Kier alpha value is -1.20. The Bertz CT molecular complexity index is 376. The summed E-state index contributed by atoms with van der Waals surface area (Å²) in [6.07, 6.45) is 4.27. The largest absolute Gasteiger partial charge is 0.396 e. The van der Waals surface area contributed by atoms with E-state index in [-0.39, 0.29) is 31.1 Å². The van der Waals surface area contributed by atoms with Crippen LogP contribution in [-0.2, 0) is 4.79 Å². The highest BCUT2D eigenvalue weighted by atomic mass is 32.1. The molecule has 0 saturated carbocycles. The van der Waals surface area contributed by atoms with Gasteiger partial charge in [0.25, 0.3) is 0 Å². The Balaban J connectivity index is 2.03. The summed E-state index contributed by atoms with van der Waals surface area (Å²) >= 11 is 1.41. The molecule has 0 aliphatic carbocycles. The average Bonchev–Trinajstić information content (AvgIpc) is 2.94. The van der Waals surface area contributed by atoms with Crippen molar-refractivity contribution >= 4 is 23.0 Å². The molecule has 5 heteroatoms. The van der Waals surface area contributed by atoms with E-state index in [4.69, 9.17) is 5.11 Å². The van der Waals surface area contributed by atoms with Crippen LogP contribution in [0.4, 0.5) is 0 Å². The summed E-state index contributed by atoms with van der Waals surface area (Å²) in [7, 11) is 0. The molecule has 0 radical (unpaired) electrons. The number of ketones is 1. The van der Waals surface area contributed by atoms with Crippen LogP contribution in [0.2, 0.25) is 0 Å². The molecule has 4 nitrogen and oxygen atoms in total. The fraction of sp³-hybridized carbons (Fsp3) is 0.571. The molecule has 0 bridgehead atoms. The minimum atomic E-state index is -0.0629. The number of Topliss-reactive ketones (excluding diaryl/α,β-unsaturated/α-hetero) is 1. The lowest BCUT2D eigenvalue weighted by molar-refractivity contribution is -0.121. The number of carbonyl (C=O) groups is 2. The summed E-state index contributed by atoms with van der Waals surface area (Å²) in [5.74, 6) is -0.0276. The van der Waals surface area contributed by atoms with Gasteiger partial charge < -0.3 is 10.4 Å².